The first kappa shape index (κ1) is 10.2. The van der Waals surface area contributed by atoms with Gasteiger partial charge < -0.3 is 9.21 Å². The van der Waals surface area contributed by atoms with Crippen molar-refractivity contribution in [1.29, 1.82) is 0 Å². The predicted octanol–water partition coefficient (Wildman–Crippen LogP) is 2.83. The first-order chi connectivity index (χ1) is 6.05. The van der Waals surface area contributed by atoms with Gasteiger partial charge in [0.05, 0.1) is 14.3 Å². The van der Waals surface area contributed by atoms with Gasteiger partial charge in [-0.15, -0.1) is 0 Å². The molecule has 0 aromatic carbocycles. The number of furan rings is 1. The van der Waals surface area contributed by atoms with Crippen LogP contribution < -0.4 is 0 Å². The summed E-state index contributed by atoms with van der Waals surface area (Å²) >= 11 is 0. The average Bonchev–Trinajstić information content (AvgIpc) is 2.49. The van der Waals surface area contributed by atoms with Crippen LogP contribution in [-0.4, -0.2) is 14.4 Å². The molecule has 72 valence electrons. The van der Waals surface area contributed by atoms with Crippen molar-refractivity contribution >= 4 is 14.4 Å². The summed E-state index contributed by atoms with van der Waals surface area (Å²) in [6, 6.07) is 3.85. The first-order valence-corrected chi connectivity index (χ1v) is 8.10. The van der Waals surface area contributed by atoms with E-state index in [0.717, 1.165) is 12.0 Å². The third-order valence-electron chi connectivity index (χ3n) is 2.26. The zero-order valence-electron chi connectivity index (χ0n) is 8.41. The van der Waals surface area contributed by atoms with Crippen molar-refractivity contribution in [3.63, 3.8) is 0 Å². The van der Waals surface area contributed by atoms with Gasteiger partial charge in [-0.2, -0.15) is 0 Å². The highest BCUT2D eigenvalue weighted by molar-refractivity contribution is 6.77. The molecule has 0 amide bonds. The Bertz CT molecular complexity index is 259. The highest BCUT2D eigenvalue weighted by atomic mass is 28.3. The lowest BCUT2D eigenvalue weighted by Crippen LogP contribution is -2.31. The normalized spacial score (nSPS) is 14.1. The van der Waals surface area contributed by atoms with Crippen LogP contribution in [0.4, 0.5) is 0 Å². The van der Waals surface area contributed by atoms with Crippen LogP contribution in [0.1, 0.15) is 17.7 Å². The van der Waals surface area contributed by atoms with Crippen molar-refractivity contribution in [2.45, 2.75) is 31.6 Å². The van der Waals surface area contributed by atoms with E-state index in [1.54, 1.807) is 6.26 Å². The smallest absolute Gasteiger partial charge is 0.120 e. The standard InChI is InChI=1S/C10H16O2Si/c1-13(2,3)10(6-7-11)9-5-4-8-12-9/h4-5,7-8,10H,6H2,1-3H3. The first-order valence-electron chi connectivity index (χ1n) is 4.52. The molecule has 0 aliphatic heterocycles. The molecule has 1 heterocycles. The molecule has 1 aromatic heterocycles. The average molecular weight is 196 g/mol. The number of aldehydes is 1. The minimum Gasteiger partial charge on any atom is -0.469 e. The summed E-state index contributed by atoms with van der Waals surface area (Å²) in [5.41, 5.74) is 0.319. The third kappa shape index (κ3) is 2.55. The lowest BCUT2D eigenvalue weighted by molar-refractivity contribution is -0.108. The molecule has 1 rings (SSSR count). The van der Waals surface area contributed by atoms with E-state index >= 15 is 0 Å². The maximum absolute atomic E-state index is 10.5. The van der Waals surface area contributed by atoms with E-state index in [4.69, 9.17) is 4.42 Å². The fourth-order valence-electron chi connectivity index (χ4n) is 1.48. The van der Waals surface area contributed by atoms with Crippen LogP contribution in [0.5, 0.6) is 0 Å². The Morgan fingerprint density at radius 3 is 2.62 bits per heavy atom. The van der Waals surface area contributed by atoms with Gasteiger partial charge in [0, 0.05) is 12.0 Å². The van der Waals surface area contributed by atoms with Crippen LogP contribution >= 0.6 is 0 Å². The Hall–Kier alpha value is -0.833. The fourth-order valence-corrected chi connectivity index (χ4v) is 3.30. The topological polar surface area (TPSA) is 30.2 Å². The van der Waals surface area contributed by atoms with E-state index in [-0.39, 0.29) is 0 Å². The SMILES string of the molecule is C[Si](C)(C)C(CC=O)c1ccco1. The number of hydrogen-bond donors (Lipinski definition) is 0. The molecular weight excluding hydrogens is 180 g/mol. The van der Waals surface area contributed by atoms with Crippen LogP contribution in [0, 0.1) is 0 Å². The van der Waals surface area contributed by atoms with Crippen molar-refractivity contribution in [3.05, 3.63) is 24.2 Å². The van der Waals surface area contributed by atoms with Gasteiger partial charge >= 0.3 is 0 Å². The number of carbonyl (C=O) groups is 1. The van der Waals surface area contributed by atoms with Crippen LogP contribution in [0.25, 0.3) is 0 Å². The Morgan fingerprint density at radius 1 is 1.54 bits per heavy atom. The van der Waals surface area contributed by atoms with Crippen LogP contribution in [0.3, 0.4) is 0 Å². The molecule has 0 aliphatic carbocycles. The van der Waals surface area contributed by atoms with Gasteiger partial charge in [-0.1, -0.05) is 19.6 Å². The largest absolute Gasteiger partial charge is 0.469 e. The number of rotatable bonds is 4. The molecule has 1 unspecified atom stereocenters. The van der Waals surface area contributed by atoms with Gasteiger partial charge in [0.25, 0.3) is 0 Å². The van der Waals surface area contributed by atoms with Crippen molar-refractivity contribution in [2.24, 2.45) is 0 Å². The van der Waals surface area contributed by atoms with Crippen LogP contribution in [0.15, 0.2) is 22.8 Å². The summed E-state index contributed by atoms with van der Waals surface area (Å²) in [5.74, 6) is 0.964. The highest BCUT2D eigenvalue weighted by Gasteiger charge is 2.29. The van der Waals surface area contributed by atoms with E-state index in [1.165, 1.54) is 0 Å². The number of carbonyl (C=O) groups excluding carboxylic acids is 1. The minimum atomic E-state index is -1.34. The van der Waals surface area contributed by atoms with Gasteiger partial charge in [-0.3, -0.25) is 0 Å². The Morgan fingerprint density at radius 2 is 2.23 bits per heavy atom. The highest BCUT2D eigenvalue weighted by Crippen LogP contribution is 2.29. The summed E-state index contributed by atoms with van der Waals surface area (Å²) in [6.07, 6.45) is 3.25. The summed E-state index contributed by atoms with van der Waals surface area (Å²) in [7, 11) is -1.34. The monoisotopic (exact) mass is 196 g/mol. The summed E-state index contributed by atoms with van der Waals surface area (Å²) in [6.45, 7) is 6.76. The molecule has 0 saturated heterocycles. The fraction of sp³-hybridized carbons (Fsp3) is 0.500. The van der Waals surface area contributed by atoms with Crippen LogP contribution in [0.2, 0.25) is 19.6 Å². The summed E-state index contributed by atoms with van der Waals surface area (Å²) in [4.78, 5) is 10.5. The minimum absolute atomic E-state index is 0.319. The Balaban J connectivity index is 2.86. The molecule has 13 heavy (non-hydrogen) atoms. The second-order valence-corrected chi connectivity index (χ2v) is 9.77. The zero-order chi connectivity index (χ0) is 9.90. The van der Waals surface area contributed by atoms with Gasteiger partial charge in [0.1, 0.15) is 12.0 Å². The van der Waals surface area contributed by atoms with Gasteiger partial charge in [0.15, 0.2) is 0 Å². The molecule has 0 bridgehead atoms. The molecule has 3 heteroatoms. The second kappa shape index (κ2) is 3.92. The Kier molecular flexibility index (Phi) is 3.09. The van der Waals surface area contributed by atoms with Crippen molar-refractivity contribution in [3.8, 4) is 0 Å². The molecule has 0 aliphatic rings. The zero-order valence-corrected chi connectivity index (χ0v) is 9.41. The third-order valence-corrected chi connectivity index (χ3v) is 4.87. The predicted molar refractivity (Wildman–Crippen MR) is 55.5 cm³/mol. The maximum Gasteiger partial charge on any atom is 0.120 e. The summed E-state index contributed by atoms with van der Waals surface area (Å²) in [5, 5.41) is 0. The summed E-state index contributed by atoms with van der Waals surface area (Å²) < 4.78 is 5.35. The van der Waals surface area contributed by atoms with Gasteiger partial charge in [-0.25, -0.2) is 0 Å². The van der Waals surface area contributed by atoms with Crippen LogP contribution in [-0.2, 0) is 4.79 Å². The molecule has 2 nitrogen and oxygen atoms in total. The lowest BCUT2D eigenvalue weighted by atomic mass is 10.2. The van der Waals surface area contributed by atoms with Crippen molar-refractivity contribution in [1.82, 2.24) is 0 Å². The molecule has 1 aromatic rings. The molecule has 0 fully saturated rings. The van der Waals surface area contributed by atoms with E-state index in [0.29, 0.717) is 12.0 Å². The molecular formula is C10H16O2Si. The van der Waals surface area contributed by atoms with E-state index in [1.807, 2.05) is 12.1 Å². The van der Waals surface area contributed by atoms with E-state index in [9.17, 15) is 4.79 Å². The van der Waals surface area contributed by atoms with E-state index in [2.05, 4.69) is 19.6 Å². The molecule has 0 saturated carbocycles. The van der Waals surface area contributed by atoms with E-state index < -0.39 is 8.07 Å². The quantitative estimate of drug-likeness (QED) is 0.547. The Labute approximate surface area is 80.0 Å². The van der Waals surface area contributed by atoms with Crippen molar-refractivity contribution < 1.29 is 9.21 Å². The molecule has 0 N–H and O–H groups in total. The lowest BCUT2D eigenvalue weighted by Gasteiger charge is -2.25. The number of hydrogen-bond acceptors (Lipinski definition) is 2. The van der Waals surface area contributed by atoms with Crippen molar-refractivity contribution in [2.75, 3.05) is 0 Å². The molecule has 0 spiro atoms. The maximum atomic E-state index is 10.5. The van der Waals surface area contributed by atoms with Gasteiger partial charge in [-0.05, 0) is 12.1 Å². The van der Waals surface area contributed by atoms with Gasteiger partial charge in [0.2, 0.25) is 0 Å². The molecule has 0 radical (unpaired) electrons. The second-order valence-electron chi connectivity index (χ2n) is 4.34. The molecule has 1 atom stereocenters.